The summed E-state index contributed by atoms with van der Waals surface area (Å²) < 4.78 is 11.3. The van der Waals surface area contributed by atoms with E-state index in [1.807, 2.05) is 6.92 Å². The van der Waals surface area contributed by atoms with E-state index in [9.17, 15) is 4.79 Å². The average Bonchev–Trinajstić information content (AvgIpc) is 3.31. The van der Waals surface area contributed by atoms with Gasteiger partial charge in [0.2, 0.25) is 8.32 Å². The van der Waals surface area contributed by atoms with Crippen molar-refractivity contribution in [1.82, 2.24) is 0 Å². The van der Waals surface area contributed by atoms with Gasteiger partial charge in [-0.15, -0.1) is 0 Å². The van der Waals surface area contributed by atoms with E-state index in [-0.39, 0.29) is 22.8 Å². The second kappa shape index (κ2) is 6.91. The molecule has 1 aliphatic rings. The molecule has 24 heavy (non-hydrogen) atoms. The van der Waals surface area contributed by atoms with Crippen LogP contribution in [0, 0.1) is 11.8 Å². The Hall–Kier alpha value is -1.29. The van der Waals surface area contributed by atoms with Crippen LogP contribution < -0.4 is 4.43 Å². The Morgan fingerprint density at radius 3 is 2.12 bits per heavy atom. The van der Waals surface area contributed by atoms with E-state index in [0.717, 1.165) is 5.75 Å². The largest absolute Gasteiger partial charge is 0.544 e. The lowest BCUT2D eigenvalue weighted by atomic mass is 9.83. The van der Waals surface area contributed by atoms with Gasteiger partial charge in [0.05, 0.1) is 13.0 Å². The van der Waals surface area contributed by atoms with Gasteiger partial charge in [-0.2, -0.15) is 0 Å². The Morgan fingerprint density at radius 2 is 1.71 bits per heavy atom. The fourth-order valence-corrected chi connectivity index (χ4v) is 3.99. The van der Waals surface area contributed by atoms with E-state index in [0.29, 0.717) is 5.92 Å². The first-order chi connectivity index (χ1) is 11.1. The van der Waals surface area contributed by atoms with Gasteiger partial charge >= 0.3 is 5.97 Å². The maximum absolute atomic E-state index is 12.0. The summed E-state index contributed by atoms with van der Waals surface area (Å²) in [6.07, 6.45) is 2.41. The van der Waals surface area contributed by atoms with Gasteiger partial charge in [0.25, 0.3) is 0 Å². The lowest BCUT2D eigenvalue weighted by molar-refractivity contribution is -0.145. The number of carbonyl (C=O) groups is 1. The quantitative estimate of drug-likeness (QED) is 0.512. The Balaban J connectivity index is 2.17. The zero-order chi connectivity index (χ0) is 18.1. The van der Waals surface area contributed by atoms with Gasteiger partial charge in [0.15, 0.2) is 0 Å². The summed E-state index contributed by atoms with van der Waals surface area (Å²) >= 11 is 0. The van der Waals surface area contributed by atoms with E-state index in [1.165, 1.54) is 25.5 Å². The molecule has 1 fully saturated rings. The van der Waals surface area contributed by atoms with Gasteiger partial charge in [0.1, 0.15) is 5.75 Å². The molecule has 2 rings (SSSR count). The summed E-state index contributed by atoms with van der Waals surface area (Å²) in [5.74, 6) is 1.57. The normalized spacial score (nSPS) is 18.0. The van der Waals surface area contributed by atoms with Crippen LogP contribution >= 0.6 is 0 Å². The number of esters is 1. The highest BCUT2D eigenvalue weighted by atomic mass is 28.4. The fraction of sp³-hybridized carbons (Fsp3) is 0.650. The van der Waals surface area contributed by atoms with E-state index in [2.05, 4.69) is 58.1 Å². The maximum atomic E-state index is 12.0. The predicted molar refractivity (Wildman–Crippen MR) is 101 cm³/mol. The molecule has 134 valence electrons. The van der Waals surface area contributed by atoms with Crippen molar-refractivity contribution in [3.63, 3.8) is 0 Å². The van der Waals surface area contributed by atoms with Crippen molar-refractivity contribution in [3.05, 3.63) is 29.8 Å². The van der Waals surface area contributed by atoms with Crippen LogP contribution in [0.3, 0.4) is 0 Å². The molecule has 0 amide bonds. The van der Waals surface area contributed by atoms with Crippen LogP contribution in [0.25, 0.3) is 0 Å². The number of hydrogen-bond acceptors (Lipinski definition) is 3. The molecule has 2 atom stereocenters. The van der Waals surface area contributed by atoms with Crippen LogP contribution in [0.1, 0.15) is 52.0 Å². The number of rotatable bonds is 6. The van der Waals surface area contributed by atoms with Gasteiger partial charge in [-0.3, -0.25) is 4.79 Å². The average molecular weight is 349 g/mol. The van der Waals surface area contributed by atoms with E-state index in [1.54, 1.807) is 0 Å². The SMILES string of the molecule is COC(=O)C(C)[C@H](c1ccc(O[Si](C)(C)C(C)(C)C)cc1)C1CC1. The molecule has 0 heterocycles. The van der Waals surface area contributed by atoms with Gasteiger partial charge in [0, 0.05) is 0 Å². The van der Waals surface area contributed by atoms with Crippen molar-refractivity contribution in [2.45, 2.75) is 64.6 Å². The second-order valence-corrected chi connectivity index (χ2v) is 13.3. The molecule has 0 spiro atoms. The molecule has 0 saturated heterocycles. The Labute approximate surface area is 147 Å². The van der Waals surface area contributed by atoms with Crippen molar-refractivity contribution in [2.75, 3.05) is 7.11 Å². The minimum absolute atomic E-state index is 0.102. The van der Waals surface area contributed by atoms with Crippen LogP contribution in [0.5, 0.6) is 5.75 Å². The summed E-state index contributed by atoms with van der Waals surface area (Å²) in [6.45, 7) is 13.2. The lowest BCUT2D eigenvalue weighted by Gasteiger charge is -2.36. The van der Waals surface area contributed by atoms with Crippen LogP contribution in [0.15, 0.2) is 24.3 Å². The highest BCUT2D eigenvalue weighted by Crippen LogP contribution is 2.47. The molecule has 1 aliphatic carbocycles. The first kappa shape index (κ1) is 19.0. The molecule has 1 aromatic carbocycles. The molecule has 3 nitrogen and oxygen atoms in total. The Morgan fingerprint density at radius 1 is 1.17 bits per heavy atom. The first-order valence-electron chi connectivity index (χ1n) is 8.93. The number of methoxy groups -OCH3 is 1. The zero-order valence-electron chi connectivity index (χ0n) is 16.2. The van der Waals surface area contributed by atoms with Gasteiger partial charge in [-0.1, -0.05) is 39.8 Å². The molecular formula is C20H32O3Si. The summed E-state index contributed by atoms with van der Waals surface area (Å²) in [5, 5.41) is 0.182. The minimum atomic E-state index is -1.82. The summed E-state index contributed by atoms with van der Waals surface area (Å²) in [6, 6.07) is 8.39. The monoisotopic (exact) mass is 348 g/mol. The molecule has 4 heteroatoms. The lowest BCUT2D eigenvalue weighted by Crippen LogP contribution is -2.43. The highest BCUT2D eigenvalue weighted by molar-refractivity contribution is 6.74. The van der Waals surface area contributed by atoms with Crippen molar-refractivity contribution in [2.24, 2.45) is 11.8 Å². The van der Waals surface area contributed by atoms with Crippen LogP contribution in [0.4, 0.5) is 0 Å². The van der Waals surface area contributed by atoms with E-state index >= 15 is 0 Å². The molecule has 0 bridgehead atoms. The summed E-state index contributed by atoms with van der Waals surface area (Å²) in [4.78, 5) is 12.0. The Kier molecular flexibility index (Phi) is 5.48. The van der Waals surface area contributed by atoms with Gasteiger partial charge in [-0.25, -0.2) is 0 Å². The Bertz CT molecular complexity index is 568. The highest BCUT2D eigenvalue weighted by Gasteiger charge is 2.40. The van der Waals surface area contributed by atoms with Crippen molar-refractivity contribution < 1.29 is 14.0 Å². The molecule has 1 unspecified atom stereocenters. The first-order valence-corrected chi connectivity index (χ1v) is 11.8. The van der Waals surface area contributed by atoms with Crippen molar-refractivity contribution in [1.29, 1.82) is 0 Å². The third-order valence-corrected chi connectivity index (χ3v) is 10.0. The summed E-state index contributed by atoms with van der Waals surface area (Å²) in [7, 11) is -0.348. The van der Waals surface area contributed by atoms with Crippen LogP contribution in [-0.2, 0) is 9.53 Å². The van der Waals surface area contributed by atoms with Crippen molar-refractivity contribution >= 4 is 14.3 Å². The van der Waals surface area contributed by atoms with E-state index in [4.69, 9.17) is 9.16 Å². The molecular weight excluding hydrogens is 316 g/mol. The maximum Gasteiger partial charge on any atom is 0.309 e. The molecule has 1 saturated carbocycles. The molecule has 0 N–H and O–H groups in total. The minimum Gasteiger partial charge on any atom is -0.544 e. The number of benzene rings is 1. The molecule has 0 aromatic heterocycles. The standard InChI is InChI=1S/C20H32O3Si/c1-14(19(21)22-5)18(15-8-9-15)16-10-12-17(13-11-16)23-24(6,7)20(2,3)4/h10-15,18H,8-9H2,1-7H3/t14?,18-/m0/s1. The van der Waals surface area contributed by atoms with Crippen molar-refractivity contribution in [3.8, 4) is 5.75 Å². The topological polar surface area (TPSA) is 35.5 Å². The van der Waals surface area contributed by atoms with E-state index < -0.39 is 8.32 Å². The fourth-order valence-electron chi connectivity index (χ4n) is 2.96. The van der Waals surface area contributed by atoms with Crippen LogP contribution in [0.2, 0.25) is 18.1 Å². The van der Waals surface area contributed by atoms with Gasteiger partial charge < -0.3 is 9.16 Å². The van der Waals surface area contributed by atoms with Crippen LogP contribution in [-0.4, -0.2) is 21.4 Å². The summed E-state index contributed by atoms with van der Waals surface area (Å²) in [5.41, 5.74) is 1.22. The smallest absolute Gasteiger partial charge is 0.309 e. The van der Waals surface area contributed by atoms with Gasteiger partial charge in [-0.05, 0) is 60.5 Å². The molecule has 1 aromatic rings. The third-order valence-electron chi connectivity index (χ3n) is 5.69. The molecule has 0 aliphatic heterocycles. The number of carbonyl (C=O) groups excluding carboxylic acids is 1. The zero-order valence-corrected chi connectivity index (χ0v) is 17.2. The second-order valence-electron chi connectivity index (χ2n) is 8.61. The predicted octanol–water partition coefficient (Wildman–Crippen LogP) is 5.37. The number of hydrogen-bond donors (Lipinski definition) is 0. The third kappa shape index (κ3) is 4.21. The molecule has 0 radical (unpaired) electrons. The number of ether oxygens (including phenoxy) is 1.